The predicted molar refractivity (Wildman–Crippen MR) is 80.4 cm³/mol. The minimum Gasteiger partial charge on any atom is -0.481 e. The van der Waals surface area contributed by atoms with Gasteiger partial charge < -0.3 is 20.6 Å². The SMILES string of the molecule is CCCCCCCC(O)CC(=O)N[C@@H](CCC(=O)O)C(=O)O. The third-order valence-corrected chi connectivity index (χ3v) is 3.34. The molecule has 0 heterocycles. The van der Waals surface area contributed by atoms with Crippen LogP contribution < -0.4 is 5.32 Å². The Balaban J connectivity index is 4.01. The molecule has 7 heteroatoms. The number of aliphatic carboxylic acids is 2. The summed E-state index contributed by atoms with van der Waals surface area (Å²) in [7, 11) is 0. The van der Waals surface area contributed by atoms with E-state index >= 15 is 0 Å². The van der Waals surface area contributed by atoms with Crippen LogP contribution in [-0.2, 0) is 14.4 Å². The van der Waals surface area contributed by atoms with Crippen LogP contribution in [0.4, 0.5) is 0 Å². The summed E-state index contributed by atoms with van der Waals surface area (Å²) in [6.07, 6.45) is 4.26. The summed E-state index contributed by atoms with van der Waals surface area (Å²) in [6, 6.07) is -1.24. The summed E-state index contributed by atoms with van der Waals surface area (Å²) in [4.78, 5) is 33.0. The van der Waals surface area contributed by atoms with E-state index in [-0.39, 0.29) is 19.3 Å². The third-order valence-electron chi connectivity index (χ3n) is 3.34. The van der Waals surface area contributed by atoms with Crippen molar-refractivity contribution in [1.82, 2.24) is 5.32 Å². The molecule has 0 aliphatic heterocycles. The number of nitrogens with one attached hydrogen (secondary N) is 1. The lowest BCUT2D eigenvalue weighted by molar-refractivity contribution is -0.143. The smallest absolute Gasteiger partial charge is 0.326 e. The lowest BCUT2D eigenvalue weighted by atomic mass is 10.1. The lowest BCUT2D eigenvalue weighted by Gasteiger charge is -2.15. The molecule has 4 N–H and O–H groups in total. The Morgan fingerprint density at radius 2 is 1.64 bits per heavy atom. The third kappa shape index (κ3) is 11.1. The van der Waals surface area contributed by atoms with Crippen molar-refractivity contribution in [2.45, 2.75) is 76.9 Å². The van der Waals surface area contributed by atoms with Crippen molar-refractivity contribution < 1.29 is 29.7 Å². The van der Waals surface area contributed by atoms with Gasteiger partial charge in [-0.05, 0) is 12.8 Å². The average molecular weight is 317 g/mol. The number of hydrogen-bond acceptors (Lipinski definition) is 4. The minimum atomic E-state index is -1.27. The molecule has 7 nitrogen and oxygen atoms in total. The zero-order chi connectivity index (χ0) is 17.0. The van der Waals surface area contributed by atoms with Crippen molar-refractivity contribution in [3.63, 3.8) is 0 Å². The molecule has 2 atom stereocenters. The molecule has 0 rings (SSSR count). The van der Waals surface area contributed by atoms with Gasteiger partial charge in [-0.2, -0.15) is 0 Å². The minimum absolute atomic E-state index is 0.162. The number of aliphatic hydroxyl groups excluding tert-OH is 1. The number of aliphatic hydroxyl groups is 1. The maximum atomic E-state index is 11.7. The molecule has 0 aromatic carbocycles. The number of carboxylic acids is 2. The van der Waals surface area contributed by atoms with Crippen LogP contribution in [0.25, 0.3) is 0 Å². The molecular formula is C15H27NO6. The van der Waals surface area contributed by atoms with Gasteiger partial charge in [0, 0.05) is 6.42 Å². The van der Waals surface area contributed by atoms with E-state index in [0.717, 1.165) is 32.1 Å². The van der Waals surface area contributed by atoms with Gasteiger partial charge in [0.2, 0.25) is 5.91 Å². The highest BCUT2D eigenvalue weighted by Gasteiger charge is 2.22. The standard InChI is InChI=1S/C15H27NO6/c1-2-3-4-5-6-7-11(17)10-13(18)16-12(15(21)22)8-9-14(19)20/h11-12,17H,2-10H2,1H3,(H,16,18)(H,19,20)(H,21,22)/t11?,12-/m0/s1. The van der Waals surface area contributed by atoms with Crippen LogP contribution in [0.15, 0.2) is 0 Å². The highest BCUT2D eigenvalue weighted by Crippen LogP contribution is 2.09. The topological polar surface area (TPSA) is 124 Å². The second-order valence-corrected chi connectivity index (χ2v) is 5.45. The van der Waals surface area contributed by atoms with Crippen LogP contribution >= 0.6 is 0 Å². The Bertz CT molecular complexity index is 358. The maximum absolute atomic E-state index is 11.7. The quantitative estimate of drug-likeness (QED) is 0.382. The van der Waals surface area contributed by atoms with Crippen LogP contribution in [0, 0.1) is 0 Å². The normalized spacial score (nSPS) is 13.4. The number of carboxylic acid groups (broad SMARTS) is 2. The fraction of sp³-hybridized carbons (Fsp3) is 0.800. The van der Waals surface area contributed by atoms with Crippen molar-refractivity contribution in [3.8, 4) is 0 Å². The highest BCUT2D eigenvalue weighted by atomic mass is 16.4. The molecule has 22 heavy (non-hydrogen) atoms. The Morgan fingerprint density at radius 1 is 1.00 bits per heavy atom. The summed E-state index contributed by atoms with van der Waals surface area (Å²) < 4.78 is 0. The zero-order valence-electron chi connectivity index (χ0n) is 13.1. The molecule has 0 fully saturated rings. The molecule has 0 radical (unpaired) electrons. The van der Waals surface area contributed by atoms with E-state index in [1.165, 1.54) is 0 Å². The first kappa shape index (κ1) is 20.4. The van der Waals surface area contributed by atoms with Crippen LogP contribution in [0.5, 0.6) is 0 Å². The van der Waals surface area contributed by atoms with Gasteiger partial charge in [0.15, 0.2) is 0 Å². The van der Waals surface area contributed by atoms with E-state index < -0.39 is 30.0 Å². The van der Waals surface area contributed by atoms with Crippen LogP contribution in [0.1, 0.15) is 64.7 Å². The molecule has 0 aromatic rings. The van der Waals surface area contributed by atoms with E-state index in [1.807, 2.05) is 0 Å². The van der Waals surface area contributed by atoms with Crippen LogP contribution in [-0.4, -0.2) is 45.3 Å². The number of carbonyl (C=O) groups excluding carboxylic acids is 1. The van der Waals surface area contributed by atoms with Gasteiger partial charge in [-0.1, -0.05) is 39.0 Å². The second kappa shape index (κ2) is 12.0. The summed E-state index contributed by atoms with van der Waals surface area (Å²) in [6.45, 7) is 2.11. The molecule has 0 saturated heterocycles. The summed E-state index contributed by atoms with van der Waals surface area (Å²) in [5.41, 5.74) is 0. The number of rotatable bonds is 13. The first-order valence-corrected chi connectivity index (χ1v) is 7.78. The first-order valence-electron chi connectivity index (χ1n) is 7.78. The van der Waals surface area contributed by atoms with Gasteiger partial charge >= 0.3 is 11.9 Å². The van der Waals surface area contributed by atoms with Gasteiger partial charge in [0.1, 0.15) is 6.04 Å². The van der Waals surface area contributed by atoms with E-state index in [2.05, 4.69) is 12.2 Å². The molecule has 0 bridgehead atoms. The number of amides is 1. The van der Waals surface area contributed by atoms with E-state index in [1.54, 1.807) is 0 Å². The molecule has 0 aliphatic rings. The molecule has 0 aliphatic carbocycles. The number of carbonyl (C=O) groups is 3. The van der Waals surface area contributed by atoms with Gasteiger partial charge in [-0.3, -0.25) is 9.59 Å². The zero-order valence-corrected chi connectivity index (χ0v) is 13.1. The van der Waals surface area contributed by atoms with Gasteiger partial charge in [-0.15, -0.1) is 0 Å². The van der Waals surface area contributed by atoms with Crippen molar-refractivity contribution in [1.29, 1.82) is 0 Å². The van der Waals surface area contributed by atoms with Crippen LogP contribution in [0.2, 0.25) is 0 Å². The predicted octanol–water partition coefficient (Wildman–Crippen LogP) is 1.53. The fourth-order valence-corrected chi connectivity index (χ4v) is 2.08. The summed E-state index contributed by atoms with van der Waals surface area (Å²) in [5.74, 6) is -2.96. The number of hydrogen-bond donors (Lipinski definition) is 4. The summed E-state index contributed by atoms with van der Waals surface area (Å²) >= 11 is 0. The molecule has 128 valence electrons. The van der Waals surface area contributed by atoms with Gasteiger partial charge in [-0.25, -0.2) is 4.79 Å². The molecule has 0 spiro atoms. The van der Waals surface area contributed by atoms with Crippen molar-refractivity contribution in [3.05, 3.63) is 0 Å². The van der Waals surface area contributed by atoms with E-state index in [4.69, 9.17) is 10.2 Å². The molecule has 1 unspecified atom stereocenters. The van der Waals surface area contributed by atoms with Gasteiger partial charge in [0.25, 0.3) is 0 Å². The Morgan fingerprint density at radius 3 is 2.18 bits per heavy atom. The van der Waals surface area contributed by atoms with Crippen molar-refractivity contribution in [2.75, 3.05) is 0 Å². The van der Waals surface area contributed by atoms with E-state index in [9.17, 15) is 19.5 Å². The summed E-state index contributed by atoms with van der Waals surface area (Å²) in [5, 5.41) is 29.5. The molecule has 0 saturated carbocycles. The highest BCUT2D eigenvalue weighted by molar-refractivity contribution is 5.84. The molecule has 1 amide bonds. The Kier molecular flexibility index (Phi) is 11.1. The molecule has 0 aromatic heterocycles. The first-order chi connectivity index (χ1) is 10.4. The van der Waals surface area contributed by atoms with Gasteiger partial charge in [0.05, 0.1) is 12.5 Å². The monoisotopic (exact) mass is 317 g/mol. The second-order valence-electron chi connectivity index (χ2n) is 5.45. The number of unbranched alkanes of at least 4 members (excludes halogenated alkanes) is 4. The fourth-order valence-electron chi connectivity index (χ4n) is 2.08. The Labute approximate surface area is 130 Å². The molecular weight excluding hydrogens is 290 g/mol. The largest absolute Gasteiger partial charge is 0.481 e. The van der Waals surface area contributed by atoms with Crippen molar-refractivity contribution >= 4 is 17.8 Å². The van der Waals surface area contributed by atoms with E-state index in [0.29, 0.717) is 6.42 Å². The Hall–Kier alpha value is -1.63. The maximum Gasteiger partial charge on any atom is 0.326 e. The van der Waals surface area contributed by atoms with Crippen molar-refractivity contribution in [2.24, 2.45) is 0 Å². The van der Waals surface area contributed by atoms with Crippen LogP contribution in [0.3, 0.4) is 0 Å². The lowest BCUT2D eigenvalue weighted by Crippen LogP contribution is -2.42. The average Bonchev–Trinajstić information content (AvgIpc) is 2.42.